The summed E-state index contributed by atoms with van der Waals surface area (Å²) in [7, 11) is 0. The zero-order chi connectivity index (χ0) is 11.5. The summed E-state index contributed by atoms with van der Waals surface area (Å²) < 4.78 is 13.1. The molecule has 0 saturated carbocycles. The second-order valence-electron chi connectivity index (χ2n) is 3.78. The van der Waals surface area contributed by atoms with E-state index in [1.165, 1.54) is 6.07 Å². The van der Waals surface area contributed by atoms with Crippen LogP contribution < -0.4 is 0 Å². The van der Waals surface area contributed by atoms with Gasteiger partial charge in [-0.1, -0.05) is 42.5 Å². The van der Waals surface area contributed by atoms with Gasteiger partial charge in [-0.25, -0.2) is 4.39 Å². The van der Waals surface area contributed by atoms with E-state index in [1.807, 2.05) is 30.3 Å². The molecule has 1 atom stereocenters. The van der Waals surface area contributed by atoms with Crippen LogP contribution in [-0.4, -0.2) is 0 Å². The predicted octanol–water partition coefficient (Wildman–Crippen LogP) is 4.46. The van der Waals surface area contributed by atoms with Crippen LogP contribution in [0.3, 0.4) is 0 Å². The molecule has 0 N–H and O–H groups in total. The van der Waals surface area contributed by atoms with Gasteiger partial charge in [-0.05, 0) is 29.7 Å². The molecule has 82 valence electrons. The molecule has 1 unspecified atom stereocenters. The highest BCUT2D eigenvalue weighted by Gasteiger charge is 2.11. The van der Waals surface area contributed by atoms with Crippen LogP contribution in [0.15, 0.2) is 48.5 Å². The van der Waals surface area contributed by atoms with Crippen LogP contribution in [0.1, 0.15) is 22.1 Å². The van der Waals surface area contributed by atoms with Crippen molar-refractivity contribution in [1.82, 2.24) is 0 Å². The molecule has 0 radical (unpaired) electrons. The fourth-order valence-corrected chi connectivity index (χ4v) is 1.92. The lowest BCUT2D eigenvalue weighted by molar-refractivity contribution is 0.617. The zero-order valence-electron chi connectivity index (χ0n) is 8.95. The van der Waals surface area contributed by atoms with E-state index in [-0.39, 0.29) is 11.2 Å². The van der Waals surface area contributed by atoms with Gasteiger partial charge in [-0.15, -0.1) is 11.6 Å². The number of aryl methyl sites for hydroxylation is 1. The predicted molar refractivity (Wildman–Crippen MR) is 65.3 cm³/mol. The van der Waals surface area contributed by atoms with Gasteiger partial charge < -0.3 is 0 Å². The second kappa shape index (κ2) is 4.67. The minimum atomic E-state index is -0.222. The number of hydrogen-bond acceptors (Lipinski definition) is 0. The summed E-state index contributed by atoms with van der Waals surface area (Å²) in [6, 6.07) is 14.8. The summed E-state index contributed by atoms with van der Waals surface area (Å²) in [6.07, 6.45) is 0. The van der Waals surface area contributed by atoms with Crippen LogP contribution in [0.25, 0.3) is 0 Å². The third kappa shape index (κ3) is 2.25. The summed E-state index contributed by atoms with van der Waals surface area (Å²) >= 11 is 6.33. The smallest absolute Gasteiger partial charge is 0.126 e. The topological polar surface area (TPSA) is 0 Å². The van der Waals surface area contributed by atoms with Gasteiger partial charge in [0, 0.05) is 0 Å². The standard InChI is InChI=1S/C14H12ClF/c1-10-9-12(7-8-13(10)16)14(15)11-5-3-2-4-6-11/h2-9,14H,1H3. The Bertz CT molecular complexity index is 479. The van der Waals surface area contributed by atoms with Crippen LogP contribution in [0.5, 0.6) is 0 Å². The number of rotatable bonds is 2. The number of halogens is 2. The fourth-order valence-electron chi connectivity index (χ4n) is 1.64. The third-order valence-corrected chi connectivity index (χ3v) is 3.07. The molecule has 0 fully saturated rings. The summed E-state index contributed by atoms with van der Waals surface area (Å²) in [5, 5.41) is -0.222. The monoisotopic (exact) mass is 234 g/mol. The Balaban J connectivity index is 2.34. The van der Waals surface area contributed by atoms with Gasteiger partial charge in [0.25, 0.3) is 0 Å². The Morgan fingerprint density at radius 2 is 1.69 bits per heavy atom. The molecule has 0 aromatic heterocycles. The summed E-state index contributed by atoms with van der Waals surface area (Å²) in [5.41, 5.74) is 2.57. The average Bonchev–Trinajstić information content (AvgIpc) is 2.33. The van der Waals surface area contributed by atoms with Crippen LogP contribution in [0, 0.1) is 12.7 Å². The van der Waals surface area contributed by atoms with E-state index in [9.17, 15) is 4.39 Å². The maximum absolute atomic E-state index is 13.1. The second-order valence-corrected chi connectivity index (χ2v) is 4.22. The molecular weight excluding hydrogens is 223 g/mol. The van der Waals surface area contributed by atoms with Crippen molar-refractivity contribution in [1.29, 1.82) is 0 Å². The van der Waals surface area contributed by atoms with E-state index in [2.05, 4.69) is 0 Å². The molecular formula is C14H12ClF. The van der Waals surface area contributed by atoms with Crippen LogP contribution in [0.2, 0.25) is 0 Å². The first-order valence-corrected chi connectivity index (χ1v) is 5.57. The van der Waals surface area contributed by atoms with Crippen LogP contribution >= 0.6 is 11.6 Å². The number of hydrogen-bond donors (Lipinski definition) is 0. The van der Waals surface area contributed by atoms with E-state index >= 15 is 0 Å². The molecule has 2 heteroatoms. The maximum Gasteiger partial charge on any atom is 0.126 e. The fraction of sp³-hybridized carbons (Fsp3) is 0.143. The highest BCUT2D eigenvalue weighted by molar-refractivity contribution is 6.22. The molecule has 0 nitrogen and oxygen atoms in total. The van der Waals surface area contributed by atoms with Crippen LogP contribution in [0.4, 0.5) is 4.39 Å². The molecule has 0 aliphatic heterocycles. The van der Waals surface area contributed by atoms with Crippen molar-refractivity contribution in [2.75, 3.05) is 0 Å². The first-order chi connectivity index (χ1) is 7.68. The van der Waals surface area contributed by atoms with E-state index in [4.69, 9.17) is 11.6 Å². The van der Waals surface area contributed by atoms with Crippen LogP contribution in [-0.2, 0) is 0 Å². The Hall–Kier alpha value is -1.34. The van der Waals surface area contributed by atoms with E-state index in [0.717, 1.165) is 11.1 Å². The lowest BCUT2D eigenvalue weighted by Crippen LogP contribution is -1.94. The van der Waals surface area contributed by atoms with E-state index < -0.39 is 0 Å². The van der Waals surface area contributed by atoms with Crippen molar-refractivity contribution >= 4 is 11.6 Å². The highest BCUT2D eigenvalue weighted by atomic mass is 35.5. The Morgan fingerprint density at radius 3 is 2.31 bits per heavy atom. The Kier molecular flexibility index (Phi) is 3.25. The van der Waals surface area contributed by atoms with Gasteiger partial charge in [0.15, 0.2) is 0 Å². The van der Waals surface area contributed by atoms with Crippen molar-refractivity contribution in [3.05, 3.63) is 71.0 Å². The van der Waals surface area contributed by atoms with Gasteiger partial charge in [0.2, 0.25) is 0 Å². The molecule has 0 bridgehead atoms. The molecule has 0 aliphatic carbocycles. The van der Waals surface area contributed by atoms with Gasteiger partial charge in [-0.3, -0.25) is 0 Å². The zero-order valence-corrected chi connectivity index (χ0v) is 9.71. The minimum Gasteiger partial charge on any atom is -0.207 e. The van der Waals surface area contributed by atoms with Crippen molar-refractivity contribution in [3.63, 3.8) is 0 Å². The molecule has 2 rings (SSSR count). The molecule has 0 amide bonds. The van der Waals surface area contributed by atoms with Crippen molar-refractivity contribution in [2.45, 2.75) is 12.3 Å². The Labute approximate surface area is 99.7 Å². The summed E-state index contributed by atoms with van der Waals surface area (Å²) in [6.45, 7) is 1.74. The maximum atomic E-state index is 13.1. The van der Waals surface area contributed by atoms with Gasteiger partial charge in [-0.2, -0.15) is 0 Å². The first-order valence-electron chi connectivity index (χ1n) is 5.13. The lowest BCUT2D eigenvalue weighted by atomic mass is 10.0. The van der Waals surface area contributed by atoms with Gasteiger partial charge in [0.1, 0.15) is 5.82 Å². The van der Waals surface area contributed by atoms with Crippen molar-refractivity contribution in [3.8, 4) is 0 Å². The van der Waals surface area contributed by atoms with Gasteiger partial charge in [0.05, 0.1) is 5.38 Å². The molecule has 16 heavy (non-hydrogen) atoms. The first kappa shape index (κ1) is 11.2. The van der Waals surface area contributed by atoms with Gasteiger partial charge >= 0.3 is 0 Å². The van der Waals surface area contributed by atoms with E-state index in [1.54, 1.807) is 19.1 Å². The largest absolute Gasteiger partial charge is 0.207 e. The summed E-state index contributed by atoms with van der Waals surface area (Å²) in [5.74, 6) is -0.194. The molecule has 0 spiro atoms. The molecule has 0 aliphatic rings. The van der Waals surface area contributed by atoms with Crippen molar-refractivity contribution < 1.29 is 4.39 Å². The molecule has 2 aromatic rings. The molecule has 2 aromatic carbocycles. The molecule has 0 heterocycles. The SMILES string of the molecule is Cc1cc(C(Cl)c2ccccc2)ccc1F. The van der Waals surface area contributed by atoms with E-state index in [0.29, 0.717) is 5.56 Å². The average molecular weight is 235 g/mol. The number of benzene rings is 2. The third-order valence-electron chi connectivity index (χ3n) is 2.57. The summed E-state index contributed by atoms with van der Waals surface area (Å²) in [4.78, 5) is 0. The molecule has 0 saturated heterocycles. The quantitative estimate of drug-likeness (QED) is 0.673. The lowest BCUT2D eigenvalue weighted by Gasteiger charge is -2.11. The van der Waals surface area contributed by atoms with Crippen molar-refractivity contribution in [2.24, 2.45) is 0 Å². The Morgan fingerprint density at radius 1 is 1.00 bits per heavy atom. The minimum absolute atomic E-state index is 0.194. The normalized spacial score (nSPS) is 12.4. The number of alkyl halides is 1. The highest BCUT2D eigenvalue weighted by Crippen LogP contribution is 2.29.